The Morgan fingerprint density at radius 1 is 0.480 bits per heavy atom. The zero-order valence-electron chi connectivity index (χ0n) is 43.4. The van der Waals surface area contributed by atoms with Crippen LogP contribution >= 0.6 is 0 Å². The monoisotopic (exact) mass is 1030 g/mol. The lowest BCUT2D eigenvalue weighted by atomic mass is 9.98. The van der Waals surface area contributed by atoms with Crippen molar-refractivity contribution in [2.75, 3.05) is 19.6 Å². The highest BCUT2D eigenvalue weighted by molar-refractivity contribution is 5.98. The van der Waals surface area contributed by atoms with Gasteiger partial charge in [-0.1, -0.05) is 113 Å². The van der Waals surface area contributed by atoms with Crippen LogP contribution in [0.5, 0.6) is 0 Å². The summed E-state index contributed by atoms with van der Waals surface area (Å²) in [5.74, 6) is -5.37. The van der Waals surface area contributed by atoms with Gasteiger partial charge < -0.3 is 65.9 Å². The van der Waals surface area contributed by atoms with Crippen molar-refractivity contribution >= 4 is 74.8 Å². The van der Waals surface area contributed by atoms with Gasteiger partial charge in [-0.3, -0.25) is 43.5 Å². The number of fused-ring (bicyclic) bond motifs is 2. The minimum absolute atomic E-state index is 0.0209. The molecule has 1 fully saturated rings. The summed E-state index contributed by atoms with van der Waals surface area (Å²) < 4.78 is 0. The summed E-state index contributed by atoms with van der Waals surface area (Å²) in [4.78, 5) is 109. The van der Waals surface area contributed by atoms with Gasteiger partial charge in [0.1, 0.15) is 36.3 Å². The van der Waals surface area contributed by atoms with E-state index in [2.05, 4.69) is 47.2 Å². The third-order valence-corrected chi connectivity index (χ3v) is 12.7. The molecule has 4 aromatic carbocycles. The van der Waals surface area contributed by atoms with Crippen molar-refractivity contribution in [2.45, 2.75) is 128 Å². The molecule has 1 unspecified atom stereocenters. The van der Waals surface area contributed by atoms with E-state index < -0.39 is 83.6 Å². The van der Waals surface area contributed by atoms with Crippen molar-refractivity contribution in [3.63, 3.8) is 0 Å². The van der Waals surface area contributed by atoms with Crippen LogP contribution in [-0.2, 0) is 46.4 Å². The Morgan fingerprint density at radius 3 is 1.27 bits per heavy atom. The van der Waals surface area contributed by atoms with E-state index in [0.717, 1.165) is 27.1 Å². The summed E-state index contributed by atoms with van der Waals surface area (Å²) >= 11 is 0. The second kappa shape index (κ2) is 28.6. The number of benzene rings is 4. The molecular formula is C54H76N14O7. The van der Waals surface area contributed by atoms with Crippen LogP contribution in [0.25, 0.3) is 21.5 Å². The van der Waals surface area contributed by atoms with Gasteiger partial charge in [0, 0.05) is 32.5 Å². The van der Waals surface area contributed by atoms with Crippen molar-refractivity contribution < 1.29 is 33.6 Å². The van der Waals surface area contributed by atoms with Crippen LogP contribution in [0.2, 0.25) is 0 Å². The van der Waals surface area contributed by atoms with Crippen LogP contribution in [0.4, 0.5) is 0 Å². The highest BCUT2D eigenvalue weighted by atomic mass is 16.2. The maximum Gasteiger partial charge on any atom is 0.243 e. The molecule has 1 aliphatic heterocycles. The molecule has 0 aromatic heterocycles. The van der Waals surface area contributed by atoms with Gasteiger partial charge in [-0.2, -0.15) is 0 Å². The number of carbonyl (C=O) groups is 7. The maximum absolute atomic E-state index is 14.8. The lowest BCUT2D eigenvalue weighted by Crippen LogP contribution is -2.60. The standard InChI is InChI=1S/C54H76N14O7/c1-31(2)25-42-50(73)63-41(16-10-23-62-54(58)59)49(72)68-45(30-34-18-20-36-12-6-8-14-38(36)28-34)52(75)66-43(26-32(3)4)51(74)64-40(15-9-22-61-53(56)57)48(71)67-44(47(70)60-24-21-39(55)46(69)65-42)29-33-17-19-35-11-5-7-13-37(35)27-33/h5-8,11-14,17-20,27-28,31-32,39-45H,9-10,15-16,21-26,29-30,55H2,1-4H3,(H,60,70)(H,63,73)(H,64,74)(H,65,69)(H,66,75)(H,67,71)(H,68,72)(H4,56,57,61)(H4,58,59,62)/t39?,40-,41-,42-,43-,44-,45-/m0/s1. The molecule has 75 heavy (non-hydrogen) atoms. The molecule has 1 heterocycles. The molecule has 7 atom stereocenters. The topological polar surface area (TPSA) is 359 Å². The molecule has 404 valence electrons. The Kier molecular flexibility index (Phi) is 22.1. The zero-order chi connectivity index (χ0) is 54.6. The molecule has 0 saturated carbocycles. The van der Waals surface area contributed by atoms with Crippen LogP contribution in [0.1, 0.15) is 83.8 Å². The summed E-state index contributed by atoms with van der Waals surface area (Å²) in [7, 11) is 0. The van der Waals surface area contributed by atoms with Crippen LogP contribution < -0.4 is 65.9 Å². The van der Waals surface area contributed by atoms with E-state index >= 15 is 0 Å². The number of amides is 7. The quantitative estimate of drug-likeness (QED) is 0.0420. The van der Waals surface area contributed by atoms with Gasteiger partial charge in [0.2, 0.25) is 41.4 Å². The van der Waals surface area contributed by atoms with Gasteiger partial charge in [0.25, 0.3) is 0 Å². The molecule has 17 N–H and O–H groups in total. The highest BCUT2D eigenvalue weighted by Crippen LogP contribution is 2.20. The minimum Gasteiger partial charge on any atom is -0.370 e. The first-order valence-electron chi connectivity index (χ1n) is 25.7. The van der Waals surface area contributed by atoms with Crippen molar-refractivity contribution in [3.8, 4) is 0 Å². The molecule has 0 spiro atoms. The number of carbonyl (C=O) groups excluding carboxylic acids is 7. The van der Waals surface area contributed by atoms with Crippen LogP contribution in [0.15, 0.2) is 94.9 Å². The summed E-state index contributed by atoms with van der Waals surface area (Å²) in [6, 6.07) is 18.1. The molecule has 1 aliphatic rings. The van der Waals surface area contributed by atoms with Gasteiger partial charge in [-0.05, 0) is 89.5 Å². The number of hydrogen-bond donors (Lipinski definition) is 12. The van der Waals surface area contributed by atoms with E-state index in [1.54, 1.807) is 0 Å². The lowest BCUT2D eigenvalue weighted by molar-refractivity contribution is -0.135. The van der Waals surface area contributed by atoms with Gasteiger partial charge in [0.05, 0.1) is 6.04 Å². The fourth-order valence-corrected chi connectivity index (χ4v) is 8.82. The summed E-state index contributed by atoms with van der Waals surface area (Å²) in [6.45, 7) is 7.60. The Balaban J connectivity index is 1.57. The number of nitrogens with zero attached hydrogens (tertiary/aromatic N) is 2. The van der Waals surface area contributed by atoms with E-state index in [4.69, 9.17) is 28.7 Å². The van der Waals surface area contributed by atoms with E-state index in [1.807, 2.05) is 113 Å². The summed E-state index contributed by atoms with van der Waals surface area (Å²) in [6.07, 6.45) is 0.762. The molecular weight excluding hydrogens is 957 g/mol. The third kappa shape index (κ3) is 18.9. The van der Waals surface area contributed by atoms with Crippen molar-refractivity contribution in [2.24, 2.45) is 50.5 Å². The predicted octanol–water partition coefficient (Wildman–Crippen LogP) is 0.734. The largest absolute Gasteiger partial charge is 0.370 e. The number of aliphatic imine (C=N–C) groups is 2. The zero-order valence-corrected chi connectivity index (χ0v) is 43.4. The Hall–Kier alpha value is -7.81. The molecule has 21 nitrogen and oxygen atoms in total. The summed E-state index contributed by atoms with van der Waals surface area (Å²) in [5, 5.41) is 23.5. The van der Waals surface area contributed by atoms with Gasteiger partial charge in [-0.25, -0.2) is 0 Å². The molecule has 0 bridgehead atoms. The van der Waals surface area contributed by atoms with E-state index in [-0.39, 0.29) is 101 Å². The lowest BCUT2D eigenvalue weighted by Gasteiger charge is -2.28. The Morgan fingerprint density at radius 2 is 0.840 bits per heavy atom. The number of nitrogens with two attached hydrogens (primary N) is 5. The number of guanidine groups is 2. The number of rotatable bonds is 16. The maximum atomic E-state index is 14.8. The molecule has 1 saturated heterocycles. The first-order chi connectivity index (χ1) is 35.8. The van der Waals surface area contributed by atoms with Crippen molar-refractivity contribution in [1.29, 1.82) is 0 Å². The first kappa shape index (κ1) is 58.1. The molecule has 21 heteroatoms. The van der Waals surface area contributed by atoms with Gasteiger partial charge in [-0.15, -0.1) is 0 Å². The van der Waals surface area contributed by atoms with E-state index in [0.29, 0.717) is 5.56 Å². The average molecular weight is 1030 g/mol. The second-order valence-electron chi connectivity index (χ2n) is 20.0. The molecule has 0 aliphatic carbocycles. The molecule has 7 amide bonds. The van der Waals surface area contributed by atoms with Gasteiger partial charge in [0.15, 0.2) is 11.9 Å². The Bertz CT molecular complexity index is 2690. The van der Waals surface area contributed by atoms with Crippen molar-refractivity contribution in [3.05, 3.63) is 96.1 Å². The summed E-state index contributed by atoms with van der Waals surface area (Å²) in [5.41, 5.74) is 30.2. The molecule has 0 radical (unpaired) electrons. The van der Waals surface area contributed by atoms with Crippen LogP contribution in [0, 0.1) is 11.8 Å². The predicted molar refractivity (Wildman–Crippen MR) is 291 cm³/mol. The fraction of sp³-hybridized carbons (Fsp3) is 0.463. The SMILES string of the molecule is CC(C)C[C@@H]1NC(=O)C(N)CCNC(=O)[C@H](Cc2ccc3ccccc3c2)NC(=O)[C@H](CCCN=C(N)N)NC(=O)[C@H](CC(C)C)NC(=O)[C@H](Cc2ccc3ccccc3c2)NC(=O)[C@H](CCCN=C(N)N)NC1=O. The fourth-order valence-electron chi connectivity index (χ4n) is 8.82. The molecule has 4 aromatic rings. The Labute approximate surface area is 438 Å². The normalized spacial score (nSPS) is 22.0. The first-order valence-corrected chi connectivity index (χ1v) is 25.7. The van der Waals surface area contributed by atoms with E-state index in [9.17, 15) is 33.6 Å². The van der Waals surface area contributed by atoms with Gasteiger partial charge >= 0.3 is 0 Å². The minimum atomic E-state index is -1.31. The molecule has 5 rings (SSSR count). The highest BCUT2D eigenvalue weighted by Gasteiger charge is 2.35. The second-order valence-corrected chi connectivity index (χ2v) is 20.0. The number of nitrogens with one attached hydrogen (secondary N) is 7. The van der Waals surface area contributed by atoms with Crippen molar-refractivity contribution in [1.82, 2.24) is 37.2 Å². The van der Waals surface area contributed by atoms with Crippen LogP contribution in [0.3, 0.4) is 0 Å². The third-order valence-electron chi connectivity index (χ3n) is 12.7. The smallest absolute Gasteiger partial charge is 0.243 e. The average Bonchev–Trinajstić information content (AvgIpc) is 3.36. The number of hydrogen-bond acceptors (Lipinski definition) is 10. The van der Waals surface area contributed by atoms with Crippen LogP contribution in [-0.4, -0.2) is 115 Å². The van der Waals surface area contributed by atoms with E-state index in [1.165, 1.54) is 0 Å².